The van der Waals surface area contributed by atoms with Crippen LogP contribution < -0.4 is 15.2 Å². The lowest BCUT2D eigenvalue weighted by Gasteiger charge is -2.14. The van der Waals surface area contributed by atoms with Crippen LogP contribution in [0.2, 0.25) is 0 Å². The number of amides is 1. The first-order valence-corrected chi connectivity index (χ1v) is 11.3. The van der Waals surface area contributed by atoms with Gasteiger partial charge in [-0.05, 0) is 52.9 Å². The van der Waals surface area contributed by atoms with Crippen molar-refractivity contribution in [2.24, 2.45) is 5.92 Å². The quantitative estimate of drug-likeness (QED) is 0.529. The van der Waals surface area contributed by atoms with Crippen molar-refractivity contribution in [3.8, 4) is 11.5 Å². The molecule has 0 bridgehead atoms. The maximum atomic E-state index is 11.0. The van der Waals surface area contributed by atoms with E-state index in [1.165, 1.54) is 0 Å². The van der Waals surface area contributed by atoms with Crippen LogP contribution in [0.1, 0.15) is 12.8 Å². The number of hydrogen-bond donors (Lipinski definition) is 1. The number of likely N-dealkylation sites (tertiary alicyclic amines) is 1. The van der Waals surface area contributed by atoms with Gasteiger partial charge in [0.05, 0.1) is 5.52 Å². The van der Waals surface area contributed by atoms with Crippen molar-refractivity contribution >= 4 is 51.0 Å². The van der Waals surface area contributed by atoms with Gasteiger partial charge in [0.1, 0.15) is 5.52 Å². The van der Waals surface area contributed by atoms with Crippen LogP contribution in [0.15, 0.2) is 38.9 Å². The molecule has 30 heavy (non-hydrogen) atoms. The second kappa shape index (κ2) is 7.99. The molecule has 2 aliphatic heterocycles. The number of carbonyl (C=O) groups excluding carboxylic acids is 1. The van der Waals surface area contributed by atoms with Gasteiger partial charge < -0.3 is 24.7 Å². The molecule has 2 aromatic heterocycles. The van der Waals surface area contributed by atoms with E-state index in [1.807, 2.05) is 23.1 Å². The molecule has 0 saturated carbocycles. The van der Waals surface area contributed by atoms with Gasteiger partial charge in [-0.3, -0.25) is 4.79 Å². The average Bonchev–Trinajstić information content (AvgIpc) is 3.46. The number of benzene rings is 1. The standard InChI is InChI=1S/C20H20BrN5O3S/c21-13-7-15-16(29-11-28-15)8-17(13)30-20-24-18-14(1-4-23-19(18)22)26(20)6-3-12-2-5-25(9-12)10-27/h1,4,7-8,10,12H,2-3,5-6,9,11H2,(H2,22,23). The van der Waals surface area contributed by atoms with Gasteiger partial charge in [0.15, 0.2) is 22.5 Å². The van der Waals surface area contributed by atoms with Crippen LogP contribution in [0.3, 0.4) is 0 Å². The number of aromatic nitrogens is 3. The third-order valence-electron chi connectivity index (χ3n) is 5.52. The number of ether oxygens (including phenoxy) is 2. The fourth-order valence-electron chi connectivity index (χ4n) is 3.93. The van der Waals surface area contributed by atoms with Crippen LogP contribution in [-0.2, 0) is 11.3 Å². The number of nitrogen functional groups attached to an aromatic ring is 1. The zero-order valence-electron chi connectivity index (χ0n) is 16.1. The minimum absolute atomic E-state index is 0.232. The first-order chi connectivity index (χ1) is 14.6. The molecular weight excluding hydrogens is 470 g/mol. The van der Waals surface area contributed by atoms with Crippen molar-refractivity contribution < 1.29 is 14.3 Å². The van der Waals surface area contributed by atoms with E-state index in [4.69, 9.17) is 20.2 Å². The van der Waals surface area contributed by atoms with E-state index in [0.717, 1.165) is 70.4 Å². The van der Waals surface area contributed by atoms with E-state index < -0.39 is 0 Å². The van der Waals surface area contributed by atoms with Crippen molar-refractivity contribution in [1.29, 1.82) is 0 Å². The summed E-state index contributed by atoms with van der Waals surface area (Å²) < 4.78 is 14.1. The minimum Gasteiger partial charge on any atom is -0.454 e. The Morgan fingerprint density at radius 1 is 1.33 bits per heavy atom. The van der Waals surface area contributed by atoms with Gasteiger partial charge >= 0.3 is 0 Å². The molecule has 8 nitrogen and oxygen atoms in total. The summed E-state index contributed by atoms with van der Waals surface area (Å²) in [5.41, 5.74) is 7.77. The highest BCUT2D eigenvalue weighted by Gasteiger charge is 2.23. The summed E-state index contributed by atoms with van der Waals surface area (Å²) in [6, 6.07) is 5.82. The van der Waals surface area contributed by atoms with E-state index in [0.29, 0.717) is 17.3 Å². The molecular formula is C20H20BrN5O3S. The van der Waals surface area contributed by atoms with E-state index in [1.54, 1.807) is 18.0 Å². The maximum absolute atomic E-state index is 11.0. The minimum atomic E-state index is 0.232. The third-order valence-corrected chi connectivity index (χ3v) is 7.49. The van der Waals surface area contributed by atoms with Crippen LogP contribution in [-0.4, -0.2) is 45.7 Å². The molecule has 2 N–H and O–H groups in total. The number of nitrogens with zero attached hydrogens (tertiary/aromatic N) is 4. The number of carbonyl (C=O) groups is 1. The number of anilines is 1. The molecule has 1 unspecified atom stereocenters. The van der Waals surface area contributed by atoms with Gasteiger partial charge in [0, 0.05) is 35.2 Å². The monoisotopic (exact) mass is 489 g/mol. The van der Waals surface area contributed by atoms with Crippen LogP contribution in [0, 0.1) is 5.92 Å². The van der Waals surface area contributed by atoms with Crippen molar-refractivity contribution in [2.75, 3.05) is 25.6 Å². The molecule has 4 heterocycles. The molecule has 0 spiro atoms. The molecule has 1 atom stereocenters. The third kappa shape index (κ3) is 3.58. The number of halogens is 1. The highest BCUT2D eigenvalue weighted by Crippen LogP contribution is 2.43. The Hall–Kier alpha value is -2.46. The van der Waals surface area contributed by atoms with Gasteiger partial charge in [0.2, 0.25) is 13.2 Å². The molecule has 5 rings (SSSR count). The summed E-state index contributed by atoms with van der Waals surface area (Å²) >= 11 is 5.18. The molecule has 1 saturated heterocycles. The van der Waals surface area contributed by atoms with E-state index >= 15 is 0 Å². The highest BCUT2D eigenvalue weighted by atomic mass is 79.9. The van der Waals surface area contributed by atoms with E-state index in [2.05, 4.69) is 25.5 Å². The van der Waals surface area contributed by atoms with Gasteiger partial charge in [-0.15, -0.1) is 0 Å². The summed E-state index contributed by atoms with van der Waals surface area (Å²) in [6.07, 6.45) is 4.65. The van der Waals surface area contributed by atoms with Crippen molar-refractivity contribution in [2.45, 2.75) is 29.4 Å². The zero-order chi connectivity index (χ0) is 20.7. The Labute approximate surface area is 185 Å². The number of hydrogen-bond acceptors (Lipinski definition) is 7. The summed E-state index contributed by atoms with van der Waals surface area (Å²) in [5, 5.41) is 0.842. The molecule has 10 heteroatoms. The molecule has 156 valence electrons. The first-order valence-electron chi connectivity index (χ1n) is 9.69. The topological polar surface area (TPSA) is 95.5 Å². The van der Waals surface area contributed by atoms with Gasteiger partial charge in [0.25, 0.3) is 0 Å². The lowest BCUT2D eigenvalue weighted by Crippen LogP contribution is -2.18. The molecule has 0 aliphatic carbocycles. The number of fused-ring (bicyclic) bond motifs is 2. The Bertz CT molecular complexity index is 1120. The number of rotatable bonds is 6. The average molecular weight is 490 g/mol. The first kappa shape index (κ1) is 19.5. The fraction of sp³-hybridized carbons (Fsp3) is 0.350. The van der Waals surface area contributed by atoms with Crippen molar-refractivity contribution in [3.05, 3.63) is 28.9 Å². The van der Waals surface area contributed by atoms with Crippen LogP contribution >= 0.6 is 27.7 Å². The lowest BCUT2D eigenvalue weighted by atomic mass is 10.1. The normalized spacial score (nSPS) is 17.8. The predicted octanol–water partition coefficient (Wildman–Crippen LogP) is 3.52. The van der Waals surface area contributed by atoms with Gasteiger partial charge in [-0.25, -0.2) is 9.97 Å². The predicted molar refractivity (Wildman–Crippen MR) is 117 cm³/mol. The maximum Gasteiger partial charge on any atom is 0.231 e. The summed E-state index contributed by atoms with van der Waals surface area (Å²) in [6.45, 7) is 2.68. The summed E-state index contributed by atoms with van der Waals surface area (Å²) in [7, 11) is 0. The molecule has 1 aromatic carbocycles. The zero-order valence-corrected chi connectivity index (χ0v) is 18.5. The second-order valence-electron chi connectivity index (χ2n) is 7.39. The van der Waals surface area contributed by atoms with Crippen LogP contribution in [0.25, 0.3) is 11.0 Å². The SMILES string of the molecule is Nc1nccc2c1nc(Sc1cc3c(cc1Br)OCO3)n2CCC1CCN(C=O)C1. The van der Waals surface area contributed by atoms with Gasteiger partial charge in [-0.1, -0.05) is 11.8 Å². The fourth-order valence-corrected chi connectivity index (χ4v) is 5.45. The van der Waals surface area contributed by atoms with Crippen molar-refractivity contribution in [3.63, 3.8) is 0 Å². The van der Waals surface area contributed by atoms with Crippen LogP contribution in [0.5, 0.6) is 11.5 Å². The molecule has 3 aromatic rings. The van der Waals surface area contributed by atoms with Gasteiger partial charge in [-0.2, -0.15) is 0 Å². The van der Waals surface area contributed by atoms with Crippen LogP contribution in [0.4, 0.5) is 5.82 Å². The number of pyridine rings is 1. The lowest BCUT2D eigenvalue weighted by molar-refractivity contribution is -0.117. The summed E-state index contributed by atoms with van der Waals surface area (Å²) in [5.74, 6) is 2.37. The highest BCUT2D eigenvalue weighted by molar-refractivity contribution is 9.10. The van der Waals surface area contributed by atoms with E-state index in [9.17, 15) is 4.79 Å². The number of nitrogens with two attached hydrogens (primary N) is 1. The summed E-state index contributed by atoms with van der Waals surface area (Å²) in [4.78, 5) is 22.8. The largest absolute Gasteiger partial charge is 0.454 e. The molecule has 1 amide bonds. The molecule has 2 aliphatic rings. The Kier molecular flexibility index (Phi) is 5.20. The number of aryl methyl sites for hydroxylation is 1. The van der Waals surface area contributed by atoms with Crippen molar-refractivity contribution in [1.82, 2.24) is 19.4 Å². The van der Waals surface area contributed by atoms with E-state index in [-0.39, 0.29) is 6.79 Å². The molecule has 1 fully saturated rings. The second-order valence-corrected chi connectivity index (χ2v) is 9.26. The Morgan fingerprint density at radius 2 is 2.17 bits per heavy atom. The molecule has 0 radical (unpaired) electrons. The smallest absolute Gasteiger partial charge is 0.231 e. The number of imidazole rings is 1. The Balaban J connectivity index is 1.46. The Morgan fingerprint density at radius 3 is 2.97 bits per heavy atom.